The molecule has 0 aliphatic heterocycles. The van der Waals surface area contributed by atoms with Crippen LogP contribution in [-0.2, 0) is 13.2 Å². The maximum atomic E-state index is 12.2. The number of aliphatic hydroxyl groups excluding tert-OH is 1. The van der Waals surface area contributed by atoms with E-state index in [2.05, 4.69) is 5.32 Å². The van der Waals surface area contributed by atoms with E-state index < -0.39 is 5.97 Å². The Morgan fingerprint density at radius 3 is 2.50 bits per heavy atom. The molecule has 0 heterocycles. The molecule has 0 unspecified atom stereocenters. The summed E-state index contributed by atoms with van der Waals surface area (Å²) in [5, 5.41) is 21.0. The van der Waals surface area contributed by atoms with Crippen LogP contribution in [0.3, 0.4) is 0 Å². The first-order valence-corrected chi connectivity index (χ1v) is 6.82. The number of hydrogen-bond donors (Lipinski definition) is 3. The van der Waals surface area contributed by atoms with Gasteiger partial charge in [-0.2, -0.15) is 0 Å². The Balaban J connectivity index is 2.14. The summed E-state index contributed by atoms with van der Waals surface area (Å²) in [6.07, 6.45) is 0. The first kappa shape index (κ1) is 15.7. The van der Waals surface area contributed by atoms with Gasteiger partial charge in [-0.25, -0.2) is 4.79 Å². The van der Waals surface area contributed by atoms with Gasteiger partial charge in [0.2, 0.25) is 0 Å². The molecule has 1 amide bonds. The SMILES string of the molecule is Cc1ccc(C(=O)O)cc1CNC(=O)c1ccccc1CO. The highest BCUT2D eigenvalue weighted by Crippen LogP contribution is 2.13. The molecule has 3 N–H and O–H groups in total. The zero-order valence-corrected chi connectivity index (χ0v) is 12.2. The summed E-state index contributed by atoms with van der Waals surface area (Å²) in [7, 11) is 0. The fourth-order valence-corrected chi connectivity index (χ4v) is 2.15. The highest BCUT2D eigenvalue weighted by atomic mass is 16.4. The van der Waals surface area contributed by atoms with Crippen LogP contribution in [0.15, 0.2) is 42.5 Å². The van der Waals surface area contributed by atoms with Crippen LogP contribution < -0.4 is 5.32 Å². The maximum absolute atomic E-state index is 12.2. The van der Waals surface area contributed by atoms with Crippen LogP contribution in [0.4, 0.5) is 0 Å². The Bertz CT molecular complexity index is 710. The Kier molecular flexibility index (Phi) is 4.91. The van der Waals surface area contributed by atoms with Gasteiger partial charge in [0.1, 0.15) is 0 Å². The molecule has 5 heteroatoms. The van der Waals surface area contributed by atoms with E-state index >= 15 is 0 Å². The standard InChI is InChI=1S/C17H17NO4/c1-11-6-7-12(17(21)22)8-14(11)9-18-16(20)15-5-3-2-4-13(15)10-19/h2-8,19H,9-10H2,1H3,(H,18,20)(H,21,22). The third kappa shape index (κ3) is 3.51. The summed E-state index contributed by atoms with van der Waals surface area (Å²) in [6, 6.07) is 11.6. The smallest absolute Gasteiger partial charge is 0.335 e. The molecule has 0 aliphatic rings. The van der Waals surface area contributed by atoms with E-state index in [1.54, 1.807) is 36.4 Å². The van der Waals surface area contributed by atoms with Crippen LogP contribution in [0.1, 0.15) is 37.4 Å². The number of amides is 1. The fraction of sp³-hybridized carbons (Fsp3) is 0.176. The molecule has 2 rings (SSSR count). The summed E-state index contributed by atoms with van der Waals surface area (Å²) in [5.41, 5.74) is 2.80. The normalized spacial score (nSPS) is 10.3. The molecule has 0 saturated carbocycles. The van der Waals surface area contributed by atoms with E-state index in [1.807, 2.05) is 6.92 Å². The lowest BCUT2D eigenvalue weighted by molar-refractivity contribution is 0.0696. The number of benzene rings is 2. The molecule has 0 saturated heterocycles. The van der Waals surface area contributed by atoms with Gasteiger partial charge in [-0.05, 0) is 41.8 Å². The number of rotatable bonds is 5. The molecule has 22 heavy (non-hydrogen) atoms. The van der Waals surface area contributed by atoms with Gasteiger partial charge in [-0.15, -0.1) is 0 Å². The van der Waals surface area contributed by atoms with Crippen molar-refractivity contribution in [2.45, 2.75) is 20.1 Å². The van der Waals surface area contributed by atoms with Crippen LogP contribution in [0.5, 0.6) is 0 Å². The van der Waals surface area contributed by atoms with E-state index in [0.29, 0.717) is 11.1 Å². The first-order valence-electron chi connectivity index (χ1n) is 6.82. The molecular weight excluding hydrogens is 282 g/mol. The Morgan fingerprint density at radius 2 is 1.82 bits per heavy atom. The second-order valence-corrected chi connectivity index (χ2v) is 4.94. The zero-order chi connectivity index (χ0) is 16.1. The minimum absolute atomic E-state index is 0.186. The van der Waals surface area contributed by atoms with Crippen molar-refractivity contribution in [3.05, 3.63) is 70.3 Å². The summed E-state index contributed by atoms with van der Waals surface area (Å²) in [5.74, 6) is -1.30. The molecule has 0 aromatic heterocycles. The van der Waals surface area contributed by atoms with Crippen LogP contribution in [0.25, 0.3) is 0 Å². The zero-order valence-electron chi connectivity index (χ0n) is 12.2. The molecular formula is C17H17NO4. The fourth-order valence-electron chi connectivity index (χ4n) is 2.15. The molecule has 2 aromatic rings. The van der Waals surface area contributed by atoms with Gasteiger partial charge in [0, 0.05) is 12.1 Å². The van der Waals surface area contributed by atoms with Crippen molar-refractivity contribution in [3.63, 3.8) is 0 Å². The monoisotopic (exact) mass is 299 g/mol. The molecule has 114 valence electrons. The quantitative estimate of drug-likeness (QED) is 0.789. The third-order valence-electron chi connectivity index (χ3n) is 3.47. The predicted octanol–water partition coefficient (Wildman–Crippen LogP) is 2.12. The Morgan fingerprint density at radius 1 is 1.09 bits per heavy atom. The molecule has 0 fully saturated rings. The lowest BCUT2D eigenvalue weighted by Gasteiger charge is -2.11. The summed E-state index contributed by atoms with van der Waals surface area (Å²) >= 11 is 0. The Labute approximate surface area is 128 Å². The number of carbonyl (C=O) groups is 2. The number of aryl methyl sites for hydroxylation is 1. The third-order valence-corrected chi connectivity index (χ3v) is 3.47. The largest absolute Gasteiger partial charge is 0.478 e. The topological polar surface area (TPSA) is 86.6 Å². The number of carbonyl (C=O) groups excluding carboxylic acids is 1. The second-order valence-electron chi connectivity index (χ2n) is 4.94. The van der Waals surface area contributed by atoms with E-state index in [-0.39, 0.29) is 24.6 Å². The number of hydrogen-bond acceptors (Lipinski definition) is 3. The van der Waals surface area contributed by atoms with Crippen LogP contribution in [0, 0.1) is 6.92 Å². The number of nitrogens with one attached hydrogen (secondary N) is 1. The molecule has 0 atom stereocenters. The van der Waals surface area contributed by atoms with Crippen LogP contribution in [0.2, 0.25) is 0 Å². The second kappa shape index (κ2) is 6.87. The maximum Gasteiger partial charge on any atom is 0.335 e. The highest BCUT2D eigenvalue weighted by molar-refractivity contribution is 5.95. The van der Waals surface area contributed by atoms with Gasteiger partial charge in [-0.3, -0.25) is 4.79 Å². The highest BCUT2D eigenvalue weighted by Gasteiger charge is 2.11. The van der Waals surface area contributed by atoms with Gasteiger partial charge < -0.3 is 15.5 Å². The van der Waals surface area contributed by atoms with Gasteiger partial charge in [0.15, 0.2) is 0 Å². The first-order chi connectivity index (χ1) is 10.5. The molecule has 0 aliphatic carbocycles. The molecule has 0 spiro atoms. The van der Waals surface area contributed by atoms with Crippen molar-refractivity contribution >= 4 is 11.9 Å². The van der Waals surface area contributed by atoms with Crippen molar-refractivity contribution in [2.24, 2.45) is 0 Å². The van der Waals surface area contributed by atoms with Crippen molar-refractivity contribution in [3.8, 4) is 0 Å². The summed E-state index contributed by atoms with van der Waals surface area (Å²) in [6.45, 7) is 1.87. The van der Waals surface area contributed by atoms with Crippen LogP contribution in [-0.4, -0.2) is 22.1 Å². The van der Waals surface area contributed by atoms with Gasteiger partial charge in [0.25, 0.3) is 5.91 Å². The number of aliphatic hydroxyl groups is 1. The lowest BCUT2D eigenvalue weighted by Crippen LogP contribution is -2.24. The van der Waals surface area contributed by atoms with E-state index in [0.717, 1.165) is 11.1 Å². The summed E-state index contributed by atoms with van der Waals surface area (Å²) < 4.78 is 0. The molecule has 2 aromatic carbocycles. The Hall–Kier alpha value is -2.66. The van der Waals surface area contributed by atoms with E-state index in [9.17, 15) is 14.7 Å². The minimum atomic E-state index is -1.00. The lowest BCUT2D eigenvalue weighted by atomic mass is 10.0. The minimum Gasteiger partial charge on any atom is -0.478 e. The molecule has 5 nitrogen and oxygen atoms in total. The van der Waals surface area contributed by atoms with E-state index in [4.69, 9.17) is 5.11 Å². The van der Waals surface area contributed by atoms with Crippen molar-refractivity contribution in [2.75, 3.05) is 0 Å². The number of carboxylic acid groups (broad SMARTS) is 1. The van der Waals surface area contributed by atoms with Gasteiger partial charge in [-0.1, -0.05) is 24.3 Å². The average molecular weight is 299 g/mol. The van der Waals surface area contributed by atoms with Gasteiger partial charge >= 0.3 is 5.97 Å². The van der Waals surface area contributed by atoms with Crippen molar-refractivity contribution in [1.82, 2.24) is 5.32 Å². The molecule has 0 radical (unpaired) electrons. The number of carboxylic acids is 1. The van der Waals surface area contributed by atoms with Gasteiger partial charge in [0.05, 0.1) is 12.2 Å². The summed E-state index contributed by atoms with van der Waals surface area (Å²) in [4.78, 5) is 23.2. The van der Waals surface area contributed by atoms with E-state index in [1.165, 1.54) is 6.07 Å². The van der Waals surface area contributed by atoms with Crippen molar-refractivity contribution in [1.29, 1.82) is 0 Å². The average Bonchev–Trinajstić information content (AvgIpc) is 2.53. The number of aromatic carboxylic acids is 1. The molecule has 0 bridgehead atoms. The van der Waals surface area contributed by atoms with Crippen LogP contribution >= 0.6 is 0 Å². The van der Waals surface area contributed by atoms with Crippen molar-refractivity contribution < 1.29 is 19.8 Å². The predicted molar refractivity (Wildman–Crippen MR) is 81.7 cm³/mol.